The van der Waals surface area contributed by atoms with E-state index in [1.165, 1.54) is 0 Å². The lowest BCUT2D eigenvalue weighted by Crippen LogP contribution is -2.33. The van der Waals surface area contributed by atoms with Crippen LogP contribution in [0, 0.1) is 10.8 Å². The zero-order valence-electron chi connectivity index (χ0n) is 8.68. The van der Waals surface area contributed by atoms with Gasteiger partial charge in [0.2, 0.25) is 10.0 Å². The van der Waals surface area contributed by atoms with Crippen LogP contribution in [0.1, 0.15) is 32.1 Å². The molecule has 0 amide bonds. The first-order chi connectivity index (χ1) is 7.08. The number of hydrogen-bond donors (Lipinski definition) is 1. The fourth-order valence-corrected chi connectivity index (χ4v) is 4.58. The number of fused-ring (bicyclic) bond motifs is 2. The first kappa shape index (κ1) is 12.2. The third-order valence-corrected chi connectivity index (χ3v) is 5.10. The average molecular weight is 257 g/mol. The lowest BCUT2D eigenvalue weighted by molar-refractivity contribution is -0.220. The van der Waals surface area contributed by atoms with Gasteiger partial charge in [-0.15, -0.1) is 0 Å². The standard InChI is InChI=1S/C9H14F3NO2S/c10-9(11,12)8-3-1-7(5-8,2-4-8)6-16(13,14)15/h1-6H2,(H2,13,14,15). The molecule has 0 spiro atoms. The Morgan fingerprint density at radius 3 is 1.94 bits per heavy atom. The fraction of sp³-hybridized carbons (Fsp3) is 1.00. The van der Waals surface area contributed by atoms with Gasteiger partial charge in [0.25, 0.3) is 0 Å². The van der Waals surface area contributed by atoms with Gasteiger partial charge in [0.05, 0.1) is 11.2 Å². The van der Waals surface area contributed by atoms with Gasteiger partial charge in [-0.3, -0.25) is 0 Å². The predicted octanol–water partition coefficient (Wildman–Crippen LogP) is 1.79. The summed E-state index contributed by atoms with van der Waals surface area (Å²) < 4.78 is 60.6. The number of primary sulfonamides is 1. The summed E-state index contributed by atoms with van der Waals surface area (Å²) in [6.45, 7) is 0. The van der Waals surface area contributed by atoms with Gasteiger partial charge in [0, 0.05) is 0 Å². The van der Waals surface area contributed by atoms with Gasteiger partial charge in [-0.05, 0) is 37.5 Å². The lowest BCUT2D eigenvalue weighted by Gasteiger charge is -2.29. The number of alkyl halides is 3. The fourth-order valence-electron chi connectivity index (χ4n) is 3.34. The highest BCUT2D eigenvalue weighted by Gasteiger charge is 2.66. The van der Waals surface area contributed by atoms with Crippen molar-refractivity contribution < 1.29 is 21.6 Å². The van der Waals surface area contributed by atoms with E-state index in [0.717, 1.165) is 0 Å². The molecule has 2 saturated carbocycles. The van der Waals surface area contributed by atoms with Crippen LogP contribution in [0.25, 0.3) is 0 Å². The summed E-state index contributed by atoms with van der Waals surface area (Å²) in [6.07, 6.45) is -3.55. The maximum atomic E-state index is 12.9. The Morgan fingerprint density at radius 2 is 1.62 bits per heavy atom. The van der Waals surface area contributed by atoms with E-state index < -0.39 is 27.0 Å². The molecule has 0 radical (unpaired) electrons. The lowest BCUT2D eigenvalue weighted by atomic mass is 9.82. The van der Waals surface area contributed by atoms with Crippen molar-refractivity contribution in [3.63, 3.8) is 0 Å². The first-order valence-electron chi connectivity index (χ1n) is 5.15. The Morgan fingerprint density at radius 1 is 1.12 bits per heavy atom. The van der Waals surface area contributed by atoms with Gasteiger partial charge in [0.1, 0.15) is 0 Å². The minimum Gasteiger partial charge on any atom is -0.229 e. The molecule has 0 aromatic rings. The van der Waals surface area contributed by atoms with E-state index in [9.17, 15) is 21.6 Å². The highest BCUT2D eigenvalue weighted by Crippen LogP contribution is 2.67. The second-order valence-electron chi connectivity index (χ2n) is 5.26. The molecule has 2 N–H and O–H groups in total. The van der Waals surface area contributed by atoms with Gasteiger partial charge in [0.15, 0.2) is 0 Å². The summed E-state index contributed by atoms with van der Waals surface area (Å²) in [5.41, 5.74) is -2.36. The van der Waals surface area contributed by atoms with Crippen molar-refractivity contribution in [3.05, 3.63) is 0 Å². The summed E-state index contributed by atoms with van der Waals surface area (Å²) in [4.78, 5) is 0. The highest BCUT2D eigenvalue weighted by atomic mass is 32.2. The van der Waals surface area contributed by atoms with E-state index >= 15 is 0 Å². The van der Waals surface area contributed by atoms with Crippen LogP contribution in [0.2, 0.25) is 0 Å². The maximum Gasteiger partial charge on any atom is 0.394 e. The minimum atomic E-state index is -4.22. The molecule has 0 unspecified atom stereocenters. The van der Waals surface area contributed by atoms with E-state index in [2.05, 4.69) is 0 Å². The Hall–Kier alpha value is -0.300. The largest absolute Gasteiger partial charge is 0.394 e. The minimum absolute atomic E-state index is 0.0476. The van der Waals surface area contributed by atoms with Gasteiger partial charge in [-0.2, -0.15) is 13.2 Å². The Labute approximate surface area is 92.2 Å². The summed E-state index contributed by atoms with van der Waals surface area (Å²) in [6, 6.07) is 0. The molecule has 2 bridgehead atoms. The van der Waals surface area contributed by atoms with Crippen LogP contribution in [0.3, 0.4) is 0 Å². The van der Waals surface area contributed by atoms with Crippen LogP contribution >= 0.6 is 0 Å². The molecule has 0 aromatic carbocycles. The molecule has 0 aliphatic heterocycles. The van der Waals surface area contributed by atoms with Crippen LogP contribution in [0.15, 0.2) is 0 Å². The van der Waals surface area contributed by atoms with Crippen molar-refractivity contribution in [1.29, 1.82) is 0 Å². The molecule has 0 atom stereocenters. The third-order valence-electron chi connectivity index (χ3n) is 4.09. The smallest absolute Gasteiger partial charge is 0.229 e. The maximum absolute atomic E-state index is 12.9. The average Bonchev–Trinajstić information content (AvgIpc) is 2.54. The van der Waals surface area contributed by atoms with Gasteiger partial charge in [-0.25, -0.2) is 13.6 Å². The quantitative estimate of drug-likeness (QED) is 0.819. The molecule has 94 valence electrons. The molecule has 16 heavy (non-hydrogen) atoms. The molecule has 2 fully saturated rings. The number of hydrogen-bond acceptors (Lipinski definition) is 2. The summed E-state index contributed by atoms with van der Waals surface area (Å²) in [5.74, 6) is -0.308. The number of halogens is 3. The molecular weight excluding hydrogens is 243 g/mol. The number of sulfonamides is 1. The van der Waals surface area contributed by atoms with Gasteiger partial charge in [-0.1, -0.05) is 0 Å². The summed E-state index contributed by atoms with van der Waals surface area (Å²) in [7, 11) is -3.69. The zero-order chi connectivity index (χ0) is 12.2. The van der Waals surface area contributed by atoms with Gasteiger partial charge >= 0.3 is 6.18 Å². The predicted molar refractivity (Wildman–Crippen MR) is 52.0 cm³/mol. The number of nitrogens with two attached hydrogens (primary N) is 1. The zero-order valence-corrected chi connectivity index (χ0v) is 9.50. The third kappa shape index (κ3) is 1.84. The van der Waals surface area contributed by atoms with E-state index in [4.69, 9.17) is 5.14 Å². The van der Waals surface area contributed by atoms with E-state index in [1.54, 1.807) is 0 Å². The van der Waals surface area contributed by atoms with Crippen LogP contribution in [-0.4, -0.2) is 20.3 Å². The molecule has 7 heteroatoms. The Bertz CT molecular complexity index is 393. The molecular formula is C9H14F3NO2S. The van der Waals surface area contributed by atoms with Crippen molar-refractivity contribution in [3.8, 4) is 0 Å². The summed E-state index contributed by atoms with van der Waals surface area (Å²) >= 11 is 0. The van der Waals surface area contributed by atoms with E-state index in [0.29, 0.717) is 12.8 Å². The molecule has 0 heterocycles. The molecule has 0 aromatic heterocycles. The van der Waals surface area contributed by atoms with E-state index in [-0.39, 0.29) is 25.0 Å². The second-order valence-corrected chi connectivity index (χ2v) is 6.88. The van der Waals surface area contributed by atoms with Crippen LogP contribution in [0.5, 0.6) is 0 Å². The van der Waals surface area contributed by atoms with Crippen molar-refractivity contribution >= 4 is 10.0 Å². The monoisotopic (exact) mass is 257 g/mol. The van der Waals surface area contributed by atoms with Crippen molar-refractivity contribution in [2.45, 2.75) is 38.3 Å². The molecule has 3 nitrogen and oxygen atoms in total. The Balaban J connectivity index is 2.22. The van der Waals surface area contributed by atoms with Crippen molar-refractivity contribution in [1.82, 2.24) is 0 Å². The van der Waals surface area contributed by atoms with Crippen molar-refractivity contribution in [2.75, 3.05) is 5.75 Å². The van der Waals surface area contributed by atoms with Gasteiger partial charge < -0.3 is 0 Å². The van der Waals surface area contributed by atoms with Crippen LogP contribution in [-0.2, 0) is 10.0 Å². The topological polar surface area (TPSA) is 60.2 Å². The van der Waals surface area contributed by atoms with Crippen molar-refractivity contribution in [2.24, 2.45) is 16.0 Å². The van der Waals surface area contributed by atoms with Crippen LogP contribution < -0.4 is 5.14 Å². The second kappa shape index (κ2) is 3.13. The Kier molecular flexibility index (Phi) is 2.38. The molecule has 0 saturated heterocycles. The summed E-state index contributed by atoms with van der Waals surface area (Å²) in [5, 5.41) is 4.94. The molecule has 2 aliphatic carbocycles. The number of rotatable bonds is 2. The van der Waals surface area contributed by atoms with Crippen LogP contribution in [0.4, 0.5) is 13.2 Å². The SMILES string of the molecule is NS(=O)(=O)CC12CCC(C(F)(F)F)(CC1)C2. The van der Waals surface area contributed by atoms with E-state index in [1.807, 2.05) is 0 Å². The highest BCUT2D eigenvalue weighted by molar-refractivity contribution is 7.89. The normalized spacial score (nSPS) is 39.2. The molecule has 2 aliphatic rings. The first-order valence-corrected chi connectivity index (χ1v) is 6.86. The molecule has 2 rings (SSSR count).